The summed E-state index contributed by atoms with van der Waals surface area (Å²) in [5.74, 6) is 0.751. The maximum Gasteiger partial charge on any atom is 0.311 e. The van der Waals surface area contributed by atoms with Gasteiger partial charge in [0.15, 0.2) is 0 Å². The topological polar surface area (TPSA) is 72.6 Å². The average molecular weight is 287 g/mol. The smallest absolute Gasteiger partial charge is 0.311 e. The van der Waals surface area contributed by atoms with Gasteiger partial charge in [0.2, 0.25) is 5.75 Å². The third-order valence-electron chi connectivity index (χ3n) is 3.44. The molecule has 110 valence electrons. The van der Waals surface area contributed by atoms with Crippen LogP contribution in [-0.2, 0) is 0 Å². The van der Waals surface area contributed by atoms with Gasteiger partial charge in [-0.05, 0) is 49.6 Å². The lowest BCUT2D eigenvalue weighted by atomic mass is 10.1. The van der Waals surface area contributed by atoms with Crippen molar-refractivity contribution >= 4 is 5.69 Å². The van der Waals surface area contributed by atoms with Crippen LogP contribution in [0.25, 0.3) is 0 Å². The van der Waals surface area contributed by atoms with Gasteiger partial charge >= 0.3 is 5.69 Å². The van der Waals surface area contributed by atoms with Crippen LogP contribution in [-0.4, -0.2) is 10.0 Å². The number of nitrogens with zero attached hydrogens (tertiary/aromatic N) is 1. The Hall–Kier alpha value is -2.40. The molecule has 0 spiro atoms. The number of hydrogen-bond donors (Lipinski definition) is 1. The molecule has 5 nitrogen and oxygen atoms in total. The van der Waals surface area contributed by atoms with Gasteiger partial charge in [0.25, 0.3) is 0 Å². The van der Waals surface area contributed by atoms with E-state index in [4.69, 9.17) is 4.74 Å². The van der Waals surface area contributed by atoms with E-state index in [2.05, 4.69) is 0 Å². The maximum absolute atomic E-state index is 11.2. The van der Waals surface area contributed by atoms with E-state index in [1.165, 1.54) is 12.1 Å². The molecule has 21 heavy (non-hydrogen) atoms. The van der Waals surface area contributed by atoms with E-state index in [-0.39, 0.29) is 11.4 Å². The van der Waals surface area contributed by atoms with Crippen molar-refractivity contribution in [2.45, 2.75) is 26.9 Å². The van der Waals surface area contributed by atoms with Crippen molar-refractivity contribution in [1.29, 1.82) is 0 Å². The summed E-state index contributed by atoms with van der Waals surface area (Å²) in [4.78, 5) is 10.7. The number of nitro groups is 1. The molecule has 0 aromatic heterocycles. The fourth-order valence-corrected chi connectivity index (χ4v) is 1.98. The molecule has 1 atom stereocenters. The summed E-state index contributed by atoms with van der Waals surface area (Å²) in [7, 11) is 0. The molecule has 0 radical (unpaired) electrons. The van der Waals surface area contributed by atoms with Crippen molar-refractivity contribution in [3.05, 3.63) is 63.2 Å². The van der Waals surface area contributed by atoms with Crippen LogP contribution in [0, 0.1) is 24.0 Å². The second-order valence-electron chi connectivity index (χ2n) is 4.96. The van der Waals surface area contributed by atoms with Gasteiger partial charge in [0.05, 0.1) is 11.0 Å². The lowest BCUT2D eigenvalue weighted by molar-refractivity contribution is -0.385. The van der Waals surface area contributed by atoms with Gasteiger partial charge < -0.3 is 9.84 Å². The summed E-state index contributed by atoms with van der Waals surface area (Å²) >= 11 is 0. The molecule has 0 heterocycles. The molecule has 2 aromatic rings. The molecular formula is C16H17NO4. The van der Waals surface area contributed by atoms with Crippen molar-refractivity contribution in [3.8, 4) is 11.5 Å². The van der Waals surface area contributed by atoms with Gasteiger partial charge in [-0.1, -0.05) is 18.2 Å². The minimum absolute atomic E-state index is 0.158. The van der Waals surface area contributed by atoms with E-state index in [0.717, 1.165) is 11.1 Å². The van der Waals surface area contributed by atoms with E-state index in [0.29, 0.717) is 11.3 Å². The summed E-state index contributed by atoms with van der Waals surface area (Å²) in [5, 5.41) is 20.7. The predicted molar refractivity (Wildman–Crippen MR) is 79.7 cm³/mol. The number of rotatable bonds is 4. The van der Waals surface area contributed by atoms with Crippen LogP contribution in [0.4, 0.5) is 5.69 Å². The van der Waals surface area contributed by atoms with Crippen LogP contribution in [0.15, 0.2) is 36.4 Å². The molecule has 0 saturated heterocycles. The maximum atomic E-state index is 11.2. The largest absolute Gasteiger partial charge is 0.450 e. The van der Waals surface area contributed by atoms with Gasteiger partial charge in [0.1, 0.15) is 5.75 Å². The van der Waals surface area contributed by atoms with Crippen molar-refractivity contribution in [2.24, 2.45) is 0 Å². The molecule has 2 rings (SSSR count). The molecule has 2 aromatic carbocycles. The summed E-state index contributed by atoms with van der Waals surface area (Å²) in [5.41, 5.74) is 2.31. The standard InChI is InChI=1S/C16H17NO4/c1-10-5-4-6-15(11(10)2)21-16-8-7-13(12(3)18)9-14(16)17(19)20/h4-9,12,18H,1-3H3. The zero-order chi connectivity index (χ0) is 15.6. The second-order valence-corrected chi connectivity index (χ2v) is 4.96. The van der Waals surface area contributed by atoms with E-state index >= 15 is 0 Å². The highest BCUT2D eigenvalue weighted by molar-refractivity contribution is 5.52. The first-order chi connectivity index (χ1) is 9.90. The van der Waals surface area contributed by atoms with E-state index in [9.17, 15) is 15.2 Å². The Morgan fingerprint density at radius 2 is 1.90 bits per heavy atom. The van der Waals surface area contributed by atoms with E-state index in [1.54, 1.807) is 19.1 Å². The van der Waals surface area contributed by atoms with Gasteiger partial charge in [-0.3, -0.25) is 10.1 Å². The third-order valence-corrected chi connectivity index (χ3v) is 3.44. The molecule has 0 aliphatic rings. The van der Waals surface area contributed by atoms with Gasteiger partial charge in [0, 0.05) is 6.07 Å². The Kier molecular flexibility index (Phi) is 4.23. The van der Waals surface area contributed by atoms with Crippen LogP contribution in [0.1, 0.15) is 29.7 Å². The van der Waals surface area contributed by atoms with Crippen molar-refractivity contribution < 1.29 is 14.8 Å². The molecule has 0 saturated carbocycles. The quantitative estimate of drug-likeness (QED) is 0.680. The van der Waals surface area contributed by atoms with Gasteiger partial charge in [-0.15, -0.1) is 0 Å². The van der Waals surface area contributed by atoms with Gasteiger partial charge in [-0.2, -0.15) is 0 Å². The first-order valence-electron chi connectivity index (χ1n) is 6.60. The number of ether oxygens (including phenoxy) is 1. The Balaban J connectivity index is 2.44. The fourth-order valence-electron chi connectivity index (χ4n) is 1.98. The predicted octanol–water partition coefficient (Wildman–Crippen LogP) is 4.06. The number of aliphatic hydroxyl groups is 1. The highest BCUT2D eigenvalue weighted by Gasteiger charge is 2.19. The molecule has 0 aliphatic heterocycles. The van der Waals surface area contributed by atoms with Crippen LogP contribution < -0.4 is 4.74 Å². The Labute approximate surface area is 123 Å². The average Bonchev–Trinajstić information content (AvgIpc) is 2.43. The summed E-state index contributed by atoms with van der Waals surface area (Å²) in [6.45, 7) is 5.41. The van der Waals surface area contributed by atoms with Crippen molar-refractivity contribution in [1.82, 2.24) is 0 Å². The molecular weight excluding hydrogens is 270 g/mol. The minimum Gasteiger partial charge on any atom is -0.450 e. The van der Waals surface area contributed by atoms with Gasteiger partial charge in [-0.25, -0.2) is 0 Å². The summed E-state index contributed by atoms with van der Waals surface area (Å²) < 4.78 is 5.69. The zero-order valence-corrected chi connectivity index (χ0v) is 12.2. The molecule has 0 bridgehead atoms. The number of hydrogen-bond acceptors (Lipinski definition) is 4. The number of nitro benzene ring substituents is 1. The fraction of sp³-hybridized carbons (Fsp3) is 0.250. The van der Waals surface area contributed by atoms with E-state index in [1.807, 2.05) is 26.0 Å². The van der Waals surface area contributed by atoms with Crippen molar-refractivity contribution in [3.63, 3.8) is 0 Å². The highest BCUT2D eigenvalue weighted by Crippen LogP contribution is 2.35. The molecule has 1 N–H and O–H groups in total. The van der Waals surface area contributed by atoms with Crippen LogP contribution in [0.2, 0.25) is 0 Å². The normalized spacial score (nSPS) is 12.0. The Morgan fingerprint density at radius 1 is 1.19 bits per heavy atom. The zero-order valence-electron chi connectivity index (χ0n) is 12.2. The summed E-state index contributed by atoms with van der Waals surface area (Å²) in [6, 6.07) is 10.0. The SMILES string of the molecule is Cc1cccc(Oc2ccc(C(C)O)cc2[N+](=O)[O-])c1C. The minimum atomic E-state index is -0.765. The number of aliphatic hydroxyl groups excluding tert-OH is 1. The Morgan fingerprint density at radius 3 is 2.52 bits per heavy atom. The molecule has 0 amide bonds. The second kappa shape index (κ2) is 5.93. The molecule has 1 unspecified atom stereocenters. The van der Waals surface area contributed by atoms with Crippen LogP contribution in [0.3, 0.4) is 0 Å². The lowest BCUT2D eigenvalue weighted by Crippen LogP contribution is -1.98. The molecule has 0 fully saturated rings. The monoisotopic (exact) mass is 287 g/mol. The van der Waals surface area contributed by atoms with Crippen molar-refractivity contribution in [2.75, 3.05) is 0 Å². The molecule has 0 aliphatic carbocycles. The van der Waals surface area contributed by atoms with Crippen LogP contribution in [0.5, 0.6) is 11.5 Å². The third kappa shape index (κ3) is 3.20. The van der Waals surface area contributed by atoms with Crippen LogP contribution >= 0.6 is 0 Å². The first-order valence-corrected chi connectivity index (χ1v) is 6.60. The first kappa shape index (κ1) is 15.0. The summed E-state index contributed by atoms with van der Waals surface area (Å²) in [6.07, 6.45) is -0.765. The van der Waals surface area contributed by atoms with E-state index < -0.39 is 11.0 Å². The number of aryl methyl sites for hydroxylation is 1. The molecule has 5 heteroatoms. The Bertz CT molecular complexity index is 680. The highest BCUT2D eigenvalue weighted by atomic mass is 16.6. The lowest BCUT2D eigenvalue weighted by Gasteiger charge is -2.12. The number of benzene rings is 2.